The summed E-state index contributed by atoms with van der Waals surface area (Å²) in [4.78, 5) is 27.7. The van der Waals surface area contributed by atoms with E-state index < -0.39 is 8.32 Å². The fourth-order valence-corrected chi connectivity index (χ4v) is 5.61. The van der Waals surface area contributed by atoms with Gasteiger partial charge in [0.05, 0.1) is 23.8 Å². The second-order valence-corrected chi connectivity index (χ2v) is 17.1. The predicted octanol–water partition coefficient (Wildman–Crippen LogP) is 9.32. The molecule has 2 rings (SSSR count). The van der Waals surface area contributed by atoms with Crippen molar-refractivity contribution in [3.8, 4) is 0 Å². The number of nitrogens with zero attached hydrogens (tertiary/aromatic N) is 1. The van der Waals surface area contributed by atoms with Gasteiger partial charge in [-0.25, -0.2) is 0 Å². The number of allylic oxidation sites excluding steroid dienone is 1. The summed E-state index contributed by atoms with van der Waals surface area (Å²) in [6.45, 7) is 13.7. The molecule has 1 heterocycles. The van der Waals surface area contributed by atoms with E-state index in [0.29, 0.717) is 17.7 Å². The summed E-state index contributed by atoms with van der Waals surface area (Å²) in [5, 5.41) is 0.0678. The van der Waals surface area contributed by atoms with E-state index in [0.717, 1.165) is 12.8 Å². The van der Waals surface area contributed by atoms with Crippen LogP contribution in [0.1, 0.15) is 132 Å². The minimum Gasteiger partial charge on any atom is -0.414 e. The number of carbonyl (C=O) groups excluding carboxylic acids is 2. The van der Waals surface area contributed by atoms with Crippen molar-refractivity contribution in [2.24, 2.45) is 0 Å². The highest BCUT2D eigenvalue weighted by Gasteiger charge is 2.42. The molecular weight excluding hydrogens is 474 g/mol. The van der Waals surface area contributed by atoms with Crippen LogP contribution in [-0.2, 0) is 4.43 Å². The Bertz CT molecular complexity index is 836. The number of carbonyl (C=O) groups is 2. The molecule has 0 saturated heterocycles. The molecule has 0 saturated carbocycles. The van der Waals surface area contributed by atoms with Gasteiger partial charge in [-0.15, -0.1) is 0 Å². The Kier molecular flexibility index (Phi) is 13.3. The van der Waals surface area contributed by atoms with E-state index in [1.165, 1.54) is 75.5 Å². The molecule has 0 radical (unpaired) electrons. The largest absolute Gasteiger partial charge is 0.414 e. The number of amides is 2. The highest BCUT2D eigenvalue weighted by molar-refractivity contribution is 6.74. The van der Waals surface area contributed by atoms with Crippen LogP contribution in [0.5, 0.6) is 0 Å². The Morgan fingerprint density at radius 3 is 1.73 bits per heavy atom. The Hall–Kier alpha value is -1.72. The average molecular weight is 528 g/mol. The van der Waals surface area contributed by atoms with Crippen LogP contribution < -0.4 is 0 Å². The molecule has 0 aromatic heterocycles. The standard InChI is InChI=1S/C32H53NO3Si/c1-7-8-9-10-11-12-13-14-15-16-17-18-19-20-23-27(26-36-37(5,6)32(2,3)4)33-30(34)28-24-21-22-25-29(28)31(33)35/h20-25,27H,7-19,26H2,1-6H3/b23-20-/t27-/m1/s1. The zero-order chi connectivity index (χ0) is 27.3. The summed E-state index contributed by atoms with van der Waals surface area (Å²) in [6, 6.07) is 6.75. The van der Waals surface area contributed by atoms with Crippen LogP contribution >= 0.6 is 0 Å². The zero-order valence-corrected chi connectivity index (χ0v) is 25.6. The molecule has 1 aromatic carbocycles. The van der Waals surface area contributed by atoms with Crippen molar-refractivity contribution in [3.05, 3.63) is 47.5 Å². The third-order valence-corrected chi connectivity index (χ3v) is 12.7. The van der Waals surface area contributed by atoms with Crippen LogP contribution in [0.4, 0.5) is 0 Å². The van der Waals surface area contributed by atoms with Gasteiger partial charge in [0.2, 0.25) is 0 Å². The molecule has 0 bridgehead atoms. The Morgan fingerprint density at radius 1 is 0.811 bits per heavy atom. The van der Waals surface area contributed by atoms with Crippen LogP contribution in [-0.4, -0.2) is 37.7 Å². The fourth-order valence-electron chi connectivity index (χ4n) is 4.59. The minimum absolute atomic E-state index is 0.0678. The quantitative estimate of drug-likeness (QED) is 0.0827. The van der Waals surface area contributed by atoms with Crippen molar-refractivity contribution < 1.29 is 14.0 Å². The second-order valence-electron chi connectivity index (χ2n) is 12.3. The van der Waals surface area contributed by atoms with Crippen molar-refractivity contribution in [2.75, 3.05) is 6.61 Å². The van der Waals surface area contributed by atoms with Gasteiger partial charge < -0.3 is 4.43 Å². The third-order valence-electron chi connectivity index (χ3n) is 8.16. The number of benzene rings is 1. The van der Waals surface area contributed by atoms with Crippen LogP contribution in [0.2, 0.25) is 18.1 Å². The lowest BCUT2D eigenvalue weighted by Crippen LogP contribution is -2.47. The first-order chi connectivity index (χ1) is 17.6. The SMILES string of the molecule is CCCCCCCCCCCCCC/C=C\[C@H](CO[Si](C)(C)C(C)(C)C)N1C(=O)c2ccccc2C1=O. The molecule has 1 atom stereocenters. The lowest BCUT2D eigenvalue weighted by molar-refractivity contribution is 0.0569. The maximum atomic E-state index is 13.1. The van der Waals surface area contributed by atoms with Gasteiger partial charge in [0.1, 0.15) is 0 Å². The Balaban J connectivity index is 1.82. The zero-order valence-electron chi connectivity index (χ0n) is 24.6. The third kappa shape index (κ3) is 9.83. The first-order valence-electron chi connectivity index (χ1n) is 14.9. The normalized spacial score (nSPS) is 15.1. The van der Waals surface area contributed by atoms with Crippen molar-refractivity contribution in [2.45, 2.75) is 135 Å². The Labute approximate surface area is 228 Å². The van der Waals surface area contributed by atoms with Crippen molar-refractivity contribution >= 4 is 20.1 Å². The molecule has 0 N–H and O–H groups in total. The van der Waals surface area contributed by atoms with Crippen LogP contribution in [0.3, 0.4) is 0 Å². The first kappa shape index (κ1) is 31.5. The molecule has 1 aromatic rings. The lowest BCUT2D eigenvalue weighted by Gasteiger charge is -2.38. The molecule has 5 heteroatoms. The van der Waals surface area contributed by atoms with E-state index in [1.54, 1.807) is 12.1 Å². The summed E-state index contributed by atoms with van der Waals surface area (Å²) in [5.74, 6) is -0.418. The molecule has 2 amide bonds. The number of hydrogen-bond acceptors (Lipinski definition) is 3. The van der Waals surface area contributed by atoms with Crippen LogP contribution in [0.25, 0.3) is 0 Å². The lowest BCUT2D eigenvalue weighted by atomic mass is 10.0. The van der Waals surface area contributed by atoms with E-state index in [-0.39, 0.29) is 22.9 Å². The second kappa shape index (κ2) is 15.6. The van der Waals surface area contributed by atoms with Gasteiger partial charge in [0.15, 0.2) is 8.32 Å². The maximum absolute atomic E-state index is 13.1. The molecular formula is C32H53NO3Si. The van der Waals surface area contributed by atoms with Gasteiger partial charge in [-0.3, -0.25) is 14.5 Å². The first-order valence-corrected chi connectivity index (χ1v) is 17.8. The van der Waals surface area contributed by atoms with E-state index in [4.69, 9.17) is 4.43 Å². The minimum atomic E-state index is -2.01. The van der Waals surface area contributed by atoms with Crippen molar-refractivity contribution in [1.82, 2.24) is 4.90 Å². The highest BCUT2D eigenvalue weighted by atomic mass is 28.4. The number of fused-ring (bicyclic) bond motifs is 1. The highest BCUT2D eigenvalue weighted by Crippen LogP contribution is 2.37. The van der Waals surface area contributed by atoms with Crippen molar-refractivity contribution in [3.63, 3.8) is 0 Å². The summed E-state index contributed by atoms with van der Waals surface area (Å²) < 4.78 is 6.48. The Morgan fingerprint density at radius 2 is 1.27 bits per heavy atom. The van der Waals surface area contributed by atoms with Gasteiger partial charge in [-0.1, -0.05) is 123 Å². The van der Waals surface area contributed by atoms with Crippen LogP contribution in [0.15, 0.2) is 36.4 Å². The van der Waals surface area contributed by atoms with E-state index >= 15 is 0 Å². The molecule has 208 valence electrons. The molecule has 1 aliphatic heterocycles. The summed E-state index contributed by atoms with van der Waals surface area (Å²) in [5.41, 5.74) is 0.998. The smallest absolute Gasteiger partial charge is 0.262 e. The molecule has 37 heavy (non-hydrogen) atoms. The topological polar surface area (TPSA) is 46.6 Å². The summed E-state index contributed by atoms with van der Waals surface area (Å²) >= 11 is 0. The molecule has 0 unspecified atom stereocenters. The van der Waals surface area contributed by atoms with Gasteiger partial charge in [-0.05, 0) is 43.1 Å². The number of imide groups is 1. The average Bonchev–Trinajstić information content (AvgIpc) is 3.10. The van der Waals surface area contributed by atoms with E-state index in [2.05, 4.69) is 46.9 Å². The molecule has 0 aliphatic carbocycles. The van der Waals surface area contributed by atoms with Gasteiger partial charge >= 0.3 is 0 Å². The van der Waals surface area contributed by atoms with Gasteiger partial charge in [-0.2, -0.15) is 0 Å². The number of unbranched alkanes of at least 4 members (excludes halogenated alkanes) is 12. The van der Waals surface area contributed by atoms with Gasteiger partial charge in [0.25, 0.3) is 11.8 Å². The molecule has 0 spiro atoms. The number of rotatable bonds is 18. The number of hydrogen-bond donors (Lipinski definition) is 0. The van der Waals surface area contributed by atoms with Crippen LogP contribution in [0, 0.1) is 0 Å². The molecule has 4 nitrogen and oxygen atoms in total. The van der Waals surface area contributed by atoms with E-state index in [9.17, 15) is 9.59 Å². The predicted molar refractivity (Wildman–Crippen MR) is 159 cm³/mol. The van der Waals surface area contributed by atoms with E-state index in [1.807, 2.05) is 18.2 Å². The fraction of sp³-hybridized carbons (Fsp3) is 0.688. The molecule has 1 aliphatic rings. The summed E-state index contributed by atoms with van der Waals surface area (Å²) in [7, 11) is -2.01. The molecule has 0 fully saturated rings. The maximum Gasteiger partial charge on any atom is 0.262 e. The summed E-state index contributed by atoms with van der Waals surface area (Å²) in [6.07, 6.45) is 21.2. The monoisotopic (exact) mass is 527 g/mol. The van der Waals surface area contributed by atoms with Gasteiger partial charge in [0, 0.05) is 0 Å². The van der Waals surface area contributed by atoms with Crippen molar-refractivity contribution in [1.29, 1.82) is 0 Å².